The summed E-state index contributed by atoms with van der Waals surface area (Å²) >= 11 is 0. The van der Waals surface area contributed by atoms with Crippen molar-refractivity contribution >= 4 is 19.2 Å². The van der Waals surface area contributed by atoms with Crippen LogP contribution in [0.2, 0.25) is 0 Å². The van der Waals surface area contributed by atoms with E-state index in [1.165, 1.54) is 41.4 Å². The average molecular weight is 241 g/mol. The first-order chi connectivity index (χ1) is 8.02. The Bertz CT molecular complexity index is 451. The summed E-state index contributed by atoms with van der Waals surface area (Å²) in [6.07, 6.45) is 0. The lowest BCUT2D eigenvalue weighted by molar-refractivity contribution is 1.40. The summed E-state index contributed by atoms with van der Waals surface area (Å²) in [6, 6.07) is 13.5. The Morgan fingerprint density at radius 2 is 0.824 bits per heavy atom. The summed E-state index contributed by atoms with van der Waals surface area (Å²) < 4.78 is 0. The van der Waals surface area contributed by atoms with Gasteiger partial charge in [0.1, 0.15) is 0 Å². The molecule has 2 aromatic rings. The maximum atomic E-state index is 2.27. The third-order valence-corrected chi connectivity index (χ3v) is 3.70. The van der Waals surface area contributed by atoms with Gasteiger partial charge >= 0.3 is 0 Å². The van der Waals surface area contributed by atoms with Crippen molar-refractivity contribution in [1.82, 2.24) is 0 Å². The van der Waals surface area contributed by atoms with E-state index in [-0.39, 0.29) is 0 Å². The van der Waals surface area contributed by atoms with Crippen LogP contribution < -0.4 is 10.6 Å². The second kappa shape index (κ2) is 5.02. The van der Waals surface area contributed by atoms with E-state index >= 15 is 0 Å². The van der Waals surface area contributed by atoms with Crippen molar-refractivity contribution in [1.29, 1.82) is 0 Å². The Morgan fingerprint density at radius 3 is 1.12 bits per heavy atom. The smallest absolute Gasteiger partial charge is 0.0398 e. The van der Waals surface area contributed by atoms with Crippen molar-refractivity contribution in [2.24, 2.45) is 0 Å². The van der Waals surface area contributed by atoms with Gasteiger partial charge in [-0.05, 0) is 27.7 Å². The lowest BCUT2D eigenvalue weighted by Gasteiger charge is -2.22. The van der Waals surface area contributed by atoms with E-state index in [9.17, 15) is 0 Å². The molecule has 0 fully saturated rings. The van der Waals surface area contributed by atoms with Crippen molar-refractivity contribution in [3.8, 4) is 0 Å². The zero-order chi connectivity index (χ0) is 12.4. The molecular weight excluding hydrogens is 223 g/mol. The Kier molecular flexibility index (Phi) is 3.64. The van der Waals surface area contributed by atoms with Gasteiger partial charge in [0.2, 0.25) is 0 Å². The third kappa shape index (κ3) is 3.41. The highest BCUT2D eigenvalue weighted by Gasteiger charge is 1.90. The second-order valence-electron chi connectivity index (χ2n) is 4.80. The van der Waals surface area contributed by atoms with Gasteiger partial charge in [0.05, 0.1) is 0 Å². The van der Waals surface area contributed by atoms with Crippen LogP contribution in [0.4, 0.5) is 0 Å². The number of hydrogen-bond acceptors (Lipinski definition) is 0. The molecule has 0 saturated carbocycles. The van der Waals surface area contributed by atoms with E-state index in [1.807, 2.05) is 0 Å². The van der Waals surface area contributed by atoms with Crippen LogP contribution in [-0.2, 0) is 0 Å². The van der Waals surface area contributed by atoms with Gasteiger partial charge in [-0.1, -0.05) is 58.7 Å². The molecule has 2 aromatic carbocycles. The fraction of sp³-hybridized carbons (Fsp3) is 0.250. The predicted octanol–water partition coefficient (Wildman–Crippen LogP) is 3.82. The zero-order valence-corrected chi connectivity index (χ0v) is 11.8. The van der Waals surface area contributed by atoms with Crippen LogP contribution in [0.1, 0.15) is 22.3 Å². The summed E-state index contributed by atoms with van der Waals surface area (Å²) in [5, 5.41) is 2.76. The zero-order valence-electron chi connectivity index (χ0n) is 10.9. The SMILES string of the molecule is Cc1cc(C)cc([P-]c2cc(C)cc(C)c2)c1. The summed E-state index contributed by atoms with van der Waals surface area (Å²) in [6.45, 7) is 8.64. The number of aryl methyl sites for hydroxylation is 4. The average Bonchev–Trinajstić information content (AvgIpc) is 2.13. The molecule has 0 spiro atoms. The topological polar surface area (TPSA) is 0 Å². The number of hydrogen-bond donors (Lipinski definition) is 0. The van der Waals surface area contributed by atoms with Crippen molar-refractivity contribution in [2.45, 2.75) is 27.7 Å². The second-order valence-corrected chi connectivity index (χ2v) is 6.06. The van der Waals surface area contributed by atoms with Gasteiger partial charge in [0.15, 0.2) is 0 Å². The van der Waals surface area contributed by atoms with Crippen LogP contribution in [0.25, 0.3) is 0 Å². The molecule has 0 saturated heterocycles. The minimum Gasteiger partial charge on any atom is -0.472 e. The van der Waals surface area contributed by atoms with Crippen LogP contribution in [0, 0.1) is 27.7 Å². The molecule has 0 aliphatic rings. The number of rotatable bonds is 2. The largest absolute Gasteiger partial charge is 0.472 e. The molecule has 0 unspecified atom stereocenters. The molecule has 0 radical (unpaired) electrons. The van der Waals surface area contributed by atoms with Crippen molar-refractivity contribution < 1.29 is 0 Å². The van der Waals surface area contributed by atoms with Crippen LogP contribution >= 0.6 is 8.58 Å². The minimum absolute atomic E-state index is 1.30. The fourth-order valence-corrected chi connectivity index (χ4v) is 3.55. The van der Waals surface area contributed by atoms with E-state index in [4.69, 9.17) is 0 Å². The molecule has 88 valence electrons. The molecule has 0 aliphatic heterocycles. The maximum absolute atomic E-state index is 2.27. The normalized spacial score (nSPS) is 10.6. The Morgan fingerprint density at radius 1 is 0.529 bits per heavy atom. The van der Waals surface area contributed by atoms with Gasteiger partial charge in [-0.15, -0.1) is 0 Å². The van der Waals surface area contributed by atoms with E-state index < -0.39 is 0 Å². The highest BCUT2D eigenvalue weighted by molar-refractivity contribution is 7.55. The Hall–Kier alpha value is -1.13. The standard InChI is InChI=1S/C16H18P/c1-11-5-12(2)8-15(7-11)17-16-9-13(3)6-14(4)10-16/h5-10H,1-4H3/q-1. The Labute approximate surface area is 106 Å². The van der Waals surface area contributed by atoms with Crippen LogP contribution in [0.15, 0.2) is 36.4 Å². The van der Waals surface area contributed by atoms with Gasteiger partial charge in [-0.2, -0.15) is 10.6 Å². The molecule has 0 nitrogen and oxygen atoms in total. The monoisotopic (exact) mass is 241 g/mol. The molecular formula is C16H18P-. The highest BCUT2D eigenvalue weighted by atomic mass is 31.1. The van der Waals surface area contributed by atoms with Gasteiger partial charge in [0, 0.05) is 0 Å². The van der Waals surface area contributed by atoms with E-state index in [0.717, 1.165) is 0 Å². The molecule has 0 heterocycles. The lowest BCUT2D eigenvalue weighted by atomic mass is 10.2. The third-order valence-electron chi connectivity index (χ3n) is 2.67. The molecule has 0 atom stereocenters. The summed E-state index contributed by atoms with van der Waals surface area (Å²) in [5.74, 6) is 0. The first kappa shape index (κ1) is 12.3. The summed E-state index contributed by atoms with van der Waals surface area (Å²) in [4.78, 5) is 0. The van der Waals surface area contributed by atoms with Crippen molar-refractivity contribution in [3.63, 3.8) is 0 Å². The number of benzene rings is 2. The van der Waals surface area contributed by atoms with Crippen LogP contribution in [-0.4, -0.2) is 0 Å². The lowest BCUT2D eigenvalue weighted by Crippen LogP contribution is -2.05. The molecule has 0 aliphatic carbocycles. The van der Waals surface area contributed by atoms with Gasteiger partial charge in [-0.3, -0.25) is 0 Å². The van der Waals surface area contributed by atoms with Crippen molar-refractivity contribution in [2.75, 3.05) is 0 Å². The molecule has 0 amide bonds. The van der Waals surface area contributed by atoms with Crippen LogP contribution in [0.5, 0.6) is 0 Å². The van der Waals surface area contributed by atoms with Crippen molar-refractivity contribution in [3.05, 3.63) is 58.7 Å². The van der Waals surface area contributed by atoms with E-state index in [0.29, 0.717) is 0 Å². The van der Waals surface area contributed by atoms with E-state index in [2.05, 4.69) is 64.1 Å². The predicted molar refractivity (Wildman–Crippen MR) is 78.0 cm³/mol. The molecule has 0 bridgehead atoms. The van der Waals surface area contributed by atoms with Gasteiger partial charge in [-0.25, -0.2) is 0 Å². The fourth-order valence-electron chi connectivity index (χ4n) is 2.18. The molecule has 2 rings (SSSR count). The highest BCUT2D eigenvalue weighted by Crippen LogP contribution is 2.15. The van der Waals surface area contributed by atoms with Gasteiger partial charge < -0.3 is 8.58 Å². The first-order valence-corrected chi connectivity index (χ1v) is 6.81. The minimum atomic E-state index is 1.30. The van der Waals surface area contributed by atoms with E-state index in [1.54, 1.807) is 0 Å². The van der Waals surface area contributed by atoms with Gasteiger partial charge in [0.25, 0.3) is 0 Å². The first-order valence-electron chi connectivity index (χ1n) is 5.91. The summed E-state index contributed by atoms with van der Waals surface area (Å²) in [5.41, 5.74) is 5.38. The Balaban J connectivity index is 2.31. The summed E-state index contributed by atoms with van der Waals surface area (Å²) in [7, 11) is 1.30. The quantitative estimate of drug-likeness (QED) is 0.701. The molecule has 0 N–H and O–H groups in total. The molecule has 0 aromatic heterocycles. The molecule has 1 heteroatoms. The van der Waals surface area contributed by atoms with Crippen LogP contribution in [0.3, 0.4) is 0 Å². The maximum Gasteiger partial charge on any atom is -0.0398 e. The molecule has 17 heavy (non-hydrogen) atoms.